The average molecular weight is 403 g/mol. The van der Waals surface area contributed by atoms with Gasteiger partial charge in [-0.3, -0.25) is 4.90 Å². The van der Waals surface area contributed by atoms with Crippen LogP contribution >= 0.6 is 0 Å². The smallest absolute Gasteiger partial charge is 0.119 e. The highest BCUT2D eigenvalue weighted by molar-refractivity contribution is 5.20. The number of likely N-dealkylation sites (tertiary alicyclic amines) is 1. The number of nitrogens with zero attached hydrogens (tertiary/aromatic N) is 2. The Labute approximate surface area is 176 Å². The van der Waals surface area contributed by atoms with Crippen molar-refractivity contribution >= 4 is 0 Å². The van der Waals surface area contributed by atoms with E-state index >= 15 is 0 Å². The van der Waals surface area contributed by atoms with E-state index in [2.05, 4.69) is 9.80 Å². The van der Waals surface area contributed by atoms with Crippen LogP contribution in [0.2, 0.25) is 0 Å². The Hall–Kier alpha value is -1.14. The number of fused-ring (bicyclic) bond motifs is 1. The van der Waals surface area contributed by atoms with Crippen LogP contribution in [-0.2, 0) is 9.47 Å². The lowest BCUT2D eigenvalue weighted by Gasteiger charge is -2.54. The molecule has 3 atom stereocenters. The van der Waals surface area contributed by atoms with Gasteiger partial charge in [0, 0.05) is 44.7 Å². The van der Waals surface area contributed by atoms with Gasteiger partial charge in [-0.2, -0.15) is 0 Å². The van der Waals surface area contributed by atoms with Gasteiger partial charge in [0.25, 0.3) is 0 Å². The van der Waals surface area contributed by atoms with Crippen LogP contribution in [0.25, 0.3) is 0 Å². The van der Waals surface area contributed by atoms with Gasteiger partial charge >= 0.3 is 0 Å². The monoisotopic (exact) mass is 402 g/mol. The minimum absolute atomic E-state index is 0.343. The van der Waals surface area contributed by atoms with E-state index in [-0.39, 0.29) is 0 Å². The molecule has 2 aliphatic heterocycles. The maximum atomic E-state index is 5.89. The minimum Gasteiger partial charge on any atom is -0.494 e. The summed E-state index contributed by atoms with van der Waals surface area (Å²) in [5.41, 5.74) is 0.343. The van der Waals surface area contributed by atoms with E-state index in [4.69, 9.17) is 14.2 Å². The van der Waals surface area contributed by atoms with Crippen molar-refractivity contribution in [3.05, 3.63) is 30.3 Å². The fourth-order valence-electron chi connectivity index (χ4n) is 5.83. The van der Waals surface area contributed by atoms with Crippen molar-refractivity contribution in [2.45, 2.75) is 38.1 Å². The van der Waals surface area contributed by atoms with Gasteiger partial charge in [-0.15, -0.1) is 0 Å². The molecule has 162 valence electrons. The van der Waals surface area contributed by atoms with E-state index in [0.29, 0.717) is 5.41 Å². The number of methoxy groups -OCH3 is 1. The van der Waals surface area contributed by atoms with Gasteiger partial charge in [0.15, 0.2) is 0 Å². The second-order valence-electron chi connectivity index (χ2n) is 9.15. The summed E-state index contributed by atoms with van der Waals surface area (Å²) in [5.74, 6) is 1.77. The molecule has 1 saturated carbocycles. The molecule has 29 heavy (non-hydrogen) atoms. The fourth-order valence-corrected chi connectivity index (χ4v) is 5.83. The molecule has 1 aromatic carbocycles. The number of piperidine rings is 1. The zero-order valence-corrected chi connectivity index (χ0v) is 18.1. The lowest BCUT2D eigenvalue weighted by Crippen LogP contribution is -2.57. The van der Waals surface area contributed by atoms with Crippen molar-refractivity contribution in [3.8, 4) is 5.75 Å². The van der Waals surface area contributed by atoms with Crippen molar-refractivity contribution in [1.29, 1.82) is 0 Å². The SMILES string of the molecule is COC[C@]12CC[C@H](N3CCOCC3)C[C@@H]1CCN(CCCOc1ccccc1)C2. The van der Waals surface area contributed by atoms with E-state index in [1.807, 2.05) is 37.4 Å². The van der Waals surface area contributed by atoms with Gasteiger partial charge in [-0.1, -0.05) is 18.2 Å². The maximum Gasteiger partial charge on any atom is 0.119 e. The average Bonchev–Trinajstić information content (AvgIpc) is 2.78. The molecule has 0 N–H and O–H groups in total. The highest BCUT2D eigenvalue weighted by Gasteiger charge is 2.47. The van der Waals surface area contributed by atoms with E-state index in [9.17, 15) is 0 Å². The van der Waals surface area contributed by atoms with E-state index in [1.165, 1.54) is 38.8 Å². The Kier molecular flexibility index (Phi) is 7.46. The molecule has 0 bridgehead atoms. The Morgan fingerprint density at radius 1 is 1.10 bits per heavy atom. The summed E-state index contributed by atoms with van der Waals surface area (Å²) in [6, 6.07) is 10.9. The quantitative estimate of drug-likeness (QED) is 0.624. The molecule has 0 aromatic heterocycles. The summed E-state index contributed by atoms with van der Waals surface area (Å²) < 4.78 is 17.2. The minimum atomic E-state index is 0.343. The molecule has 0 radical (unpaired) electrons. The molecular formula is C24H38N2O3. The van der Waals surface area contributed by atoms with Crippen LogP contribution in [0.4, 0.5) is 0 Å². The maximum absolute atomic E-state index is 5.89. The lowest BCUT2D eigenvalue weighted by atomic mass is 9.62. The third-order valence-electron chi connectivity index (χ3n) is 7.35. The molecule has 0 unspecified atom stereocenters. The first-order valence-corrected chi connectivity index (χ1v) is 11.5. The summed E-state index contributed by atoms with van der Waals surface area (Å²) in [6.45, 7) is 9.27. The molecular weight excluding hydrogens is 364 g/mol. The molecule has 1 aromatic rings. The number of rotatable bonds is 8. The van der Waals surface area contributed by atoms with Crippen molar-refractivity contribution < 1.29 is 14.2 Å². The Morgan fingerprint density at radius 3 is 2.72 bits per heavy atom. The van der Waals surface area contributed by atoms with Crippen LogP contribution in [0.1, 0.15) is 32.1 Å². The molecule has 1 aliphatic carbocycles. The third kappa shape index (κ3) is 5.32. The molecule has 4 rings (SSSR count). The van der Waals surface area contributed by atoms with Gasteiger partial charge in [0.05, 0.1) is 26.4 Å². The normalized spacial score (nSPS) is 31.3. The number of morpholine rings is 1. The summed E-state index contributed by atoms with van der Waals surface area (Å²) in [5, 5.41) is 0. The standard InChI is InChI=1S/C24H38N2O3/c1-27-20-24-10-8-22(26-13-16-28-17-14-26)18-21(24)9-12-25(19-24)11-5-15-29-23-6-3-2-4-7-23/h2-4,6-7,21-22H,5,8-20H2,1H3/t21-,22-,24+/m0/s1. The van der Waals surface area contributed by atoms with Crippen LogP contribution in [0.5, 0.6) is 5.75 Å². The topological polar surface area (TPSA) is 34.2 Å². The van der Waals surface area contributed by atoms with Crippen molar-refractivity contribution in [2.24, 2.45) is 11.3 Å². The second kappa shape index (κ2) is 10.3. The molecule has 5 heteroatoms. The van der Waals surface area contributed by atoms with Crippen LogP contribution in [0, 0.1) is 11.3 Å². The molecule has 0 spiro atoms. The Bertz CT molecular complexity index is 607. The van der Waals surface area contributed by atoms with Gasteiger partial charge < -0.3 is 19.1 Å². The zero-order valence-electron chi connectivity index (χ0n) is 18.1. The van der Waals surface area contributed by atoms with Crippen LogP contribution in [0.3, 0.4) is 0 Å². The summed E-state index contributed by atoms with van der Waals surface area (Å²) in [7, 11) is 1.88. The molecule has 0 amide bonds. The van der Waals surface area contributed by atoms with Crippen LogP contribution in [-0.4, -0.2) is 82.1 Å². The number of hydrogen-bond acceptors (Lipinski definition) is 5. The van der Waals surface area contributed by atoms with Gasteiger partial charge in [-0.05, 0) is 56.7 Å². The highest BCUT2D eigenvalue weighted by Crippen LogP contribution is 2.47. The molecule has 3 aliphatic rings. The second-order valence-corrected chi connectivity index (χ2v) is 9.15. The highest BCUT2D eigenvalue weighted by atomic mass is 16.5. The third-order valence-corrected chi connectivity index (χ3v) is 7.35. The Balaban J connectivity index is 1.27. The molecule has 5 nitrogen and oxygen atoms in total. The largest absolute Gasteiger partial charge is 0.494 e. The number of para-hydroxylation sites is 1. The van der Waals surface area contributed by atoms with Gasteiger partial charge in [0.1, 0.15) is 5.75 Å². The Morgan fingerprint density at radius 2 is 1.93 bits per heavy atom. The first-order valence-electron chi connectivity index (χ1n) is 11.5. The first-order chi connectivity index (χ1) is 14.3. The van der Waals surface area contributed by atoms with Crippen LogP contribution < -0.4 is 4.74 Å². The lowest BCUT2D eigenvalue weighted by molar-refractivity contribution is -0.0858. The van der Waals surface area contributed by atoms with Crippen LogP contribution in [0.15, 0.2) is 30.3 Å². The van der Waals surface area contributed by atoms with E-state index < -0.39 is 0 Å². The van der Waals surface area contributed by atoms with Gasteiger partial charge in [-0.25, -0.2) is 0 Å². The zero-order chi connectivity index (χ0) is 19.9. The van der Waals surface area contributed by atoms with E-state index in [1.54, 1.807) is 0 Å². The number of benzene rings is 1. The first kappa shape index (κ1) is 21.1. The predicted octanol–water partition coefficient (Wildman–Crippen LogP) is 3.29. The van der Waals surface area contributed by atoms with Crippen molar-refractivity contribution in [3.63, 3.8) is 0 Å². The number of hydrogen-bond donors (Lipinski definition) is 0. The summed E-state index contributed by atoms with van der Waals surface area (Å²) in [6.07, 6.45) is 6.34. The van der Waals surface area contributed by atoms with E-state index in [0.717, 1.165) is 70.2 Å². The molecule has 2 heterocycles. The molecule has 2 saturated heterocycles. The summed E-state index contributed by atoms with van der Waals surface area (Å²) >= 11 is 0. The number of ether oxygens (including phenoxy) is 3. The predicted molar refractivity (Wildman–Crippen MR) is 115 cm³/mol. The van der Waals surface area contributed by atoms with Crippen molar-refractivity contribution in [1.82, 2.24) is 9.80 Å². The van der Waals surface area contributed by atoms with Crippen molar-refractivity contribution in [2.75, 3.05) is 66.3 Å². The van der Waals surface area contributed by atoms with Gasteiger partial charge in [0.2, 0.25) is 0 Å². The summed E-state index contributed by atoms with van der Waals surface area (Å²) in [4.78, 5) is 5.35. The fraction of sp³-hybridized carbons (Fsp3) is 0.750. The molecule has 3 fully saturated rings.